The molecule has 4 nitrogen and oxygen atoms in total. The molecular formula is C21H16ClF3N2O2. The summed E-state index contributed by atoms with van der Waals surface area (Å²) in [6.07, 6.45) is -4.53. The number of alkyl halides is 3. The van der Waals surface area contributed by atoms with E-state index in [1.54, 1.807) is 24.3 Å². The lowest BCUT2D eigenvalue weighted by Crippen LogP contribution is -2.20. The van der Waals surface area contributed by atoms with Gasteiger partial charge in [0.05, 0.1) is 18.4 Å². The maximum absolute atomic E-state index is 12.9. The predicted molar refractivity (Wildman–Crippen MR) is 108 cm³/mol. The Morgan fingerprint density at radius 1 is 0.897 bits per heavy atom. The van der Waals surface area contributed by atoms with E-state index in [4.69, 9.17) is 16.3 Å². The zero-order valence-electron chi connectivity index (χ0n) is 15.2. The number of amides is 2. The topological polar surface area (TPSA) is 50.4 Å². The number of carbonyl (C=O) groups is 1. The quantitative estimate of drug-likeness (QED) is 0.494. The average Bonchev–Trinajstić information content (AvgIpc) is 2.68. The van der Waals surface area contributed by atoms with Gasteiger partial charge in [-0.2, -0.15) is 13.2 Å². The van der Waals surface area contributed by atoms with Gasteiger partial charge >= 0.3 is 12.2 Å². The first-order chi connectivity index (χ1) is 13.8. The van der Waals surface area contributed by atoms with Crippen molar-refractivity contribution in [3.8, 4) is 16.9 Å². The van der Waals surface area contributed by atoms with Crippen LogP contribution in [0.2, 0.25) is 5.02 Å². The van der Waals surface area contributed by atoms with Gasteiger partial charge < -0.3 is 15.4 Å². The van der Waals surface area contributed by atoms with E-state index < -0.39 is 17.8 Å². The molecule has 0 aromatic heterocycles. The lowest BCUT2D eigenvalue weighted by Gasteiger charge is -2.14. The number of hydrogen-bond acceptors (Lipinski definition) is 2. The molecule has 0 fully saturated rings. The van der Waals surface area contributed by atoms with Crippen LogP contribution in [0.25, 0.3) is 11.1 Å². The van der Waals surface area contributed by atoms with Crippen molar-refractivity contribution in [3.63, 3.8) is 0 Å². The molecule has 29 heavy (non-hydrogen) atoms. The predicted octanol–water partition coefficient (Wildman–Crippen LogP) is 6.68. The van der Waals surface area contributed by atoms with Crippen LogP contribution in [0.5, 0.6) is 5.75 Å². The number of halogens is 4. The largest absolute Gasteiger partial charge is 0.495 e. The van der Waals surface area contributed by atoms with E-state index >= 15 is 0 Å². The third kappa shape index (κ3) is 5.20. The van der Waals surface area contributed by atoms with Crippen LogP contribution in [0.4, 0.5) is 29.3 Å². The van der Waals surface area contributed by atoms with Crippen molar-refractivity contribution in [2.75, 3.05) is 17.7 Å². The second-order valence-electron chi connectivity index (χ2n) is 6.08. The van der Waals surface area contributed by atoms with Crippen molar-refractivity contribution in [1.29, 1.82) is 0 Å². The summed E-state index contributed by atoms with van der Waals surface area (Å²) in [4.78, 5) is 12.2. The van der Waals surface area contributed by atoms with Gasteiger partial charge in [0.25, 0.3) is 0 Å². The van der Waals surface area contributed by atoms with Crippen molar-refractivity contribution < 1.29 is 22.7 Å². The Balaban J connectivity index is 1.71. The van der Waals surface area contributed by atoms with Gasteiger partial charge in [0.15, 0.2) is 0 Å². The molecule has 0 aliphatic carbocycles. The zero-order chi connectivity index (χ0) is 21.0. The summed E-state index contributed by atoms with van der Waals surface area (Å²) in [6, 6.07) is 16.5. The summed E-state index contributed by atoms with van der Waals surface area (Å²) in [7, 11) is 1.31. The van der Waals surface area contributed by atoms with Crippen LogP contribution in [0, 0.1) is 0 Å². The summed E-state index contributed by atoms with van der Waals surface area (Å²) in [5.41, 5.74) is 1.39. The number of rotatable bonds is 4. The van der Waals surface area contributed by atoms with Gasteiger partial charge in [-0.1, -0.05) is 35.9 Å². The van der Waals surface area contributed by atoms with Gasteiger partial charge in [-0.15, -0.1) is 0 Å². The minimum atomic E-state index is -4.53. The summed E-state index contributed by atoms with van der Waals surface area (Å²) in [5.74, 6) is 0.117. The molecule has 0 saturated carbocycles. The number of ether oxygens (including phenoxy) is 1. The molecule has 0 bridgehead atoms. The van der Waals surface area contributed by atoms with Crippen LogP contribution in [0.15, 0.2) is 66.7 Å². The molecule has 0 saturated heterocycles. The molecule has 3 aromatic rings. The summed E-state index contributed by atoms with van der Waals surface area (Å²) in [6.45, 7) is 0. The van der Waals surface area contributed by atoms with Crippen molar-refractivity contribution in [2.24, 2.45) is 0 Å². The number of benzene rings is 3. The molecule has 0 unspecified atom stereocenters. The lowest BCUT2D eigenvalue weighted by molar-refractivity contribution is -0.137. The fraction of sp³-hybridized carbons (Fsp3) is 0.0952. The van der Waals surface area contributed by atoms with Crippen molar-refractivity contribution >= 4 is 29.0 Å². The Kier molecular flexibility index (Phi) is 5.98. The minimum absolute atomic E-state index is 0.0855. The smallest absolute Gasteiger partial charge is 0.416 e. The number of anilines is 2. The van der Waals surface area contributed by atoms with Gasteiger partial charge in [0.1, 0.15) is 5.75 Å². The normalized spacial score (nSPS) is 11.1. The molecule has 2 N–H and O–H groups in total. The van der Waals surface area contributed by atoms with Crippen LogP contribution >= 0.6 is 11.6 Å². The fourth-order valence-electron chi connectivity index (χ4n) is 2.66. The lowest BCUT2D eigenvalue weighted by atomic mass is 10.1. The summed E-state index contributed by atoms with van der Waals surface area (Å²) < 4.78 is 43.8. The fourth-order valence-corrected chi connectivity index (χ4v) is 2.78. The molecule has 2 amide bonds. The number of carbonyl (C=O) groups excluding carboxylic acids is 1. The Labute approximate surface area is 170 Å². The molecule has 8 heteroatoms. The van der Waals surface area contributed by atoms with Crippen molar-refractivity contribution in [3.05, 3.63) is 77.3 Å². The average molecular weight is 421 g/mol. The molecule has 0 aliphatic heterocycles. The molecule has 0 spiro atoms. The highest BCUT2D eigenvalue weighted by Crippen LogP contribution is 2.35. The van der Waals surface area contributed by atoms with Crippen LogP contribution in [-0.4, -0.2) is 13.1 Å². The third-order valence-corrected chi connectivity index (χ3v) is 4.35. The molecule has 0 atom stereocenters. The Morgan fingerprint density at radius 3 is 2.03 bits per heavy atom. The number of methoxy groups -OCH3 is 1. The van der Waals surface area contributed by atoms with Crippen LogP contribution in [0.1, 0.15) is 5.56 Å². The van der Waals surface area contributed by atoms with Crippen molar-refractivity contribution in [2.45, 2.75) is 6.18 Å². The molecule has 3 rings (SSSR count). The van der Waals surface area contributed by atoms with E-state index in [-0.39, 0.29) is 11.4 Å². The first-order valence-corrected chi connectivity index (χ1v) is 8.83. The van der Waals surface area contributed by atoms with Gasteiger partial charge in [-0.25, -0.2) is 4.79 Å². The number of urea groups is 1. The highest BCUT2D eigenvalue weighted by Gasteiger charge is 2.31. The molecular weight excluding hydrogens is 405 g/mol. The van der Waals surface area contributed by atoms with E-state index in [0.29, 0.717) is 10.7 Å². The first-order valence-electron chi connectivity index (χ1n) is 8.45. The minimum Gasteiger partial charge on any atom is -0.495 e. The molecule has 0 heterocycles. The standard InChI is InChI=1S/C21H16ClF3N2O2/c1-29-19-11-6-15(21(23,24)25)12-18(19)27-20(28)26-17-9-4-14(5-10-17)13-2-7-16(22)8-3-13/h2-12H,1H3,(H2,26,27,28). The number of hydrogen-bond donors (Lipinski definition) is 2. The van der Waals surface area contributed by atoms with Crippen LogP contribution in [-0.2, 0) is 6.18 Å². The summed E-state index contributed by atoms with van der Waals surface area (Å²) >= 11 is 5.88. The number of nitrogens with one attached hydrogen (secondary N) is 2. The third-order valence-electron chi connectivity index (χ3n) is 4.10. The Hall–Kier alpha value is -3.19. The Bertz CT molecular complexity index is 1000. The van der Waals surface area contributed by atoms with Gasteiger partial charge in [0.2, 0.25) is 0 Å². The van der Waals surface area contributed by atoms with E-state index in [2.05, 4.69) is 10.6 Å². The highest BCUT2D eigenvalue weighted by molar-refractivity contribution is 6.30. The molecule has 150 valence electrons. The molecule has 0 aliphatic rings. The van der Waals surface area contributed by atoms with E-state index in [0.717, 1.165) is 29.3 Å². The van der Waals surface area contributed by atoms with E-state index in [1.165, 1.54) is 7.11 Å². The van der Waals surface area contributed by atoms with E-state index in [1.807, 2.05) is 24.3 Å². The van der Waals surface area contributed by atoms with Crippen molar-refractivity contribution in [1.82, 2.24) is 0 Å². The maximum atomic E-state index is 12.9. The molecule has 0 radical (unpaired) electrons. The second kappa shape index (κ2) is 8.45. The monoisotopic (exact) mass is 420 g/mol. The van der Waals surface area contributed by atoms with Gasteiger partial charge in [0, 0.05) is 10.7 Å². The highest BCUT2D eigenvalue weighted by atomic mass is 35.5. The van der Waals surface area contributed by atoms with Crippen LogP contribution < -0.4 is 15.4 Å². The Morgan fingerprint density at radius 2 is 1.48 bits per heavy atom. The summed E-state index contributed by atoms with van der Waals surface area (Å²) in [5, 5.41) is 5.60. The van der Waals surface area contributed by atoms with Gasteiger partial charge in [-0.05, 0) is 53.6 Å². The van der Waals surface area contributed by atoms with E-state index in [9.17, 15) is 18.0 Å². The molecule has 3 aromatic carbocycles. The van der Waals surface area contributed by atoms with Crippen LogP contribution in [0.3, 0.4) is 0 Å². The maximum Gasteiger partial charge on any atom is 0.416 e. The van der Waals surface area contributed by atoms with Gasteiger partial charge in [-0.3, -0.25) is 0 Å². The first kappa shape index (κ1) is 20.5. The SMILES string of the molecule is COc1ccc(C(F)(F)F)cc1NC(=O)Nc1ccc(-c2ccc(Cl)cc2)cc1. The second-order valence-corrected chi connectivity index (χ2v) is 6.51. The zero-order valence-corrected chi connectivity index (χ0v) is 15.9.